The molecular formula is C89H68N2. The molecule has 2 heteroatoms. The van der Waals surface area contributed by atoms with Gasteiger partial charge in [-0.25, -0.2) is 0 Å². The van der Waals surface area contributed by atoms with Crippen LogP contribution in [0, 0.1) is 11.8 Å². The third kappa shape index (κ3) is 8.39. The maximum atomic E-state index is 2.59. The molecule has 0 bridgehead atoms. The molecule has 17 rings (SSSR count). The fourth-order valence-corrected chi connectivity index (χ4v) is 17.2. The molecule has 5 aliphatic rings. The van der Waals surface area contributed by atoms with E-state index in [4.69, 9.17) is 0 Å². The van der Waals surface area contributed by atoms with Gasteiger partial charge in [0, 0.05) is 46.1 Å². The largest absolute Gasteiger partial charge is 0.310 e. The topological polar surface area (TPSA) is 6.48 Å². The second kappa shape index (κ2) is 21.8. The molecule has 0 saturated heterocycles. The van der Waals surface area contributed by atoms with Crippen LogP contribution in [0.5, 0.6) is 0 Å². The number of rotatable bonds is 12. The summed E-state index contributed by atoms with van der Waals surface area (Å²) >= 11 is 0. The molecular weight excluding hydrogens is 1100 g/mol. The first-order chi connectivity index (χ1) is 44.9. The van der Waals surface area contributed by atoms with E-state index < -0.39 is 10.8 Å². The normalized spacial score (nSPS) is 18.5. The van der Waals surface area contributed by atoms with Gasteiger partial charge < -0.3 is 9.80 Å². The Morgan fingerprint density at radius 2 is 0.747 bits per heavy atom. The van der Waals surface area contributed by atoms with Gasteiger partial charge in [0.25, 0.3) is 0 Å². The Kier molecular flexibility index (Phi) is 13.0. The van der Waals surface area contributed by atoms with Crippen LogP contribution in [0.1, 0.15) is 81.3 Å². The first kappa shape index (κ1) is 54.4. The minimum Gasteiger partial charge on any atom is -0.310 e. The molecule has 0 saturated carbocycles. The summed E-state index contributed by atoms with van der Waals surface area (Å²) in [5.74, 6) is 0.920. The Morgan fingerprint density at radius 3 is 1.41 bits per heavy atom. The van der Waals surface area contributed by atoms with E-state index in [9.17, 15) is 0 Å². The Morgan fingerprint density at radius 1 is 0.286 bits per heavy atom. The lowest BCUT2D eigenvalue weighted by Gasteiger charge is -2.39. The summed E-state index contributed by atoms with van der Waals surface area (Å²) in [6, 6.07) is 114. The molecule has 2 nitrogen and oxygen atoms in total. The van der Waals surface area contributed by atoms with Crippen LogP contribution in [-0.4, -0.2) is 0 Å². The van der Waals surface area contributed by atoms with Gasteiger partial charge in [0.15, 0.2) is 0 Å². The van der Waals surface area contributed by atoms with E-state index in [0.717, 1.165) is 39.6 Å². The van der Waals surface area contributed by atoms with Crippen molar-refractivity contribution in [3.8, 4) is 33.4 Å². The summed E-state index contributed by atoms with van der Waals surface area (Å²) in [5, 5.41) is 0. The van der Waals surface area contributed by atoms with Crippen molar-refractivity contribution in [3.05, 3.63) is 408 Å². The maximum Gasteiger partial charge on any atom is 0.0714 e. The fourth-order valence-electron chi connectivity index (χ4n) is 17.2. The number of hydrogen-bond donors (Lipinski definition) is 0. The highest BCUT2D eigenvalue weighted by Gasteiger charge is 2.54. The van der Waals surface area contributed by atoms with E-state index in [2.05, 4.69) is 376 Å². The lowest BCUT2D eigenvalue weighted by Crippen LogP contribution is -2.35. The molecule has 0 aliphatic heterocycles. The maximum absolute atomic E-state index is 2.59. The predicted octanol–water partition coefficient (Wildman–Crippen LogP) is 22.6. The highest BCUT2D eigenvalue weighted by Crippen LogP contribution is 2.63. The minimum atomic E-state index is -0.609. The lowest BCUT2D eigenvalue weighted by molar-refractivity contribution is 0.395. The van der Waals surface area contributed by atoms with Gasteiger partial charge in [0.2, 0.25) is 0 Å². The van der Waals surface area contributed by atoms with E-state index in [0.29, 0.717) is 5.92 Å². The number of hydrogen-bond acceptors (Lipinski definition) is 2. The predicted molar refractivity (Wildman–Crippen MR) is 379 cm³/mol. The van der Waals surface area contributed by atoms with Crippen LogP contribution < -0.4 is 9.80 Å². The van der Waals surface area contributed by atoms with Crippen molar-refractivity contribution in [2.24, 2.45) is 11.8 Å². The van der Waals surface area contributed by atoms with Crippen LogP contribution in [-0.2, 0) is 16.2 Å². The van der Waals surface area contributed by atoms with Crippen molar-refractivity contribution in [2.45, 2.75) is 41.9 Å². The van der Waals surface area contributed by atoms with E-state index in [1.165, 1.54) is 83.6 Å². The molecule has 0 aromatic heterocycles. The van der Waals surface area contributed by atoms with Gasteiger partial charge in [0.05, 0.1) is 22.2 Å². The minimum absolute atomic E-state index is 0.149. The summed E-state index contributed by atoms with van der Waals surface area (Å²) in [6.45, 7) is 4.93. The quantitative estimate of drug-likeness (QED) is 0.120. The van der Waals surface area contributed by atoms with E-state index >= 15 is 0 Å². The van der Waals surface area contributed by atoms with Gasteiger partial charge in [-0.1, -0.05) is 311 Å². The molecule has 434 valence electrons. The van der Waals surface area contributed by atoms with Crippen LogP contribution in [0.4, 0.5) is 34.1 Å². The van der Waals surface area contributed by atoms with Crippen LogP contribution >= 0.6 is 0 Å². The van der Waals surface area contributed by atoms with Gasteiger partial charge in [-0.3, -0.25) is 0 Å². The van der Waals surface area contributed by atoms with Crippen molar-refractivity contribution in [3.63, 3.8) is 0 Å². The number of allylic oxidation sites excluding steroid dienone is 8. The van der Waals surface area contributed by atoms with Crippen LogP contribution in [0.25, 0.3) is 33.4 Å². The van der Waals surface area contributed by atoms with Gasteiger partial charge in [-0.05, 0) is 149 Å². The third-order valence-electron chi connectivity index (χ3n) is 21.0. The van der Waals surface area contributed by atoms with Crippen molar-refractivity contribution in [2.75, 3.05) is 9.80 Å². The Balaban J connectivity index is 0.921. The smallest absolute Gasteiger partial charge is 0.0714 e. The van der Waals surface area contributed by atoms with Crippen molar-refractivity contribution in [1.29, 1.82) is 0 Å². The molecule has 5 aliphatic carbocycles. The van der Waals surface area contributed by atoms with Crippen molar-refractivity contribution >= 4 is 34.1 Å². The summed E-state index contributed by atoms with van der Waals surface area (Å²) in [7, 11) is 0. The zero-order valence-electron chi connectivity index (χ0n) is 51.2. The standard InChI is InChI=1S/C89H68N2/c1-87(2)79-46-20-15-44-76(79)78-45-27-51-85(86(78)87)91(84-50-24-19-40-72(84)63-54-52-62(53-55-63)61-28-7-3-8-29-61)70-39-26-38-69(59-70)90(68-37-25-36-67(58-68)89(66-34-13-6-14-35-66)81-48-22-16-41-73(81)74-42-17-23-49-82(74)89)71-56-57-77-75-43-18-21-47-80(75)88(83(77)60-71,64-30-9-4-10-31-64)65-32-11-5-12-33-65/h3-60,75-76,79-80H,1-2H3. The van der Waals surface area contributed by atoms with Gasteiger partial charge in [-0.2, -0.15) is 0 Å². The van der Waals surface area contributed by atoms with Crippen LogP contribution in [0.2, 0.25) is 0 Å². The number of anilines is 6. The molecule has 4 unspecified atom stereocenters. The lowest BCUT2D eigenvalue weighted by atomic mass is 9.63. The Labute approximate surface area is 535 Å². The van der Waals surface area contributed by atoms with Gasteiger partial charge >= 0.3 is 0 Å². The second-order valence-corrected chi connectivity index (χ2v) is 25.8. The number of fused-ring (bicyclic) bond motifs is 9. The molecule has 12 aromatic carbocycles. The molecule has 4 atom stereocenters. The van der Waals surface area contributed by atoms with Crippen molar-refractivity contribution in [1.82, 2.24) is 0 Å². The average Bonchev–Trinajstić information content (AvgIpc) is 1.58. The molecule has 0 radical (unpaired) electrons. The number of benzene rings is 12. The second-order valence-electron chi connectivity index (χ2n) is 25.8. The Bertz CT molecular complexity index is 4790. The molecule has 12 aromatic rings. The summed E-state index contributed by atoms with van der Waals surface area (Å²) in [6.07, 6.45) is 18.8. The van der Waals surface area contributed by atoms with Gasteiger partial charge in [-0.15, -0.1) is 0 Å². The fraction of sp³-hybridized carbons (Fsp3) is 0.101. The third-order valence-corrected chi connectivity index (χ3v) is 21.0. The molecule has 0 amide bonds. The first-order valence-corrected chi connectivity index (χ1v) is 32.3. The van der Waals surface area contributed by atoms with Crippen molar-refractivity contribution < 1.29 is 0 Å². The van der Waals surface area contributed by atoms with E-state index in [1.54, 1.807) is 0 Å². The van der Waals surface area contributed by atoms with Gasteiger partial charge in [0.1, 0.15) is 0 Å². The van der Waals surface area contributed by atoms with E-state index in [-0.39, 0.29) is 23.2 Å². The summed E-state index contributed by atoms with van der Waals surface area (Å²) in [5.41, 5.74) is 25.6. The highest BCUT2D eigenvalue weighted by molar-refractivity contribution is 5.93. The first-order valence-electron chi connectivity index (χ1n) is 32.3. The van der Waals surface area contributed by atoms with Crippen LogP contribution in [0.15, 0.2) is 352 Å². The SMILES string of the molecule is CC1(C)c2c(cccc2N(c2cccc(N(c3cccc(C4(c5ccccc5)c5ccccc5-c5ccccc54)c3)c3ccc4c(c3)C(c3ccccc3)(c3ccccc3)C3C=CC=CC43)c2)c2ccccc2-c2ccc(-c3ccccc3)cc2)C2C=CC=CC21. The molecule has 0 heterocycles. The molecule has 91 heavy (non-hydrogen) atoms. The molecule has 0 spiro atoms. The monoisotopic (exact) mass is 1160 g/mol. The zero-order chi connectivity index (χ0) is 60.7. The highest BCUT2D eigenvalue weighted by atomic mass is 15.2. The molecule has 0 N–H and O–H groups in total. The summed E-state index contributed by atoms with van der Waals surface area (Å²) < 4.78 is 0. The summed E-state index contributed by atoms with van der Waals surface area (Å²) in [4.78, 5) is 5.14. The van der Waals surface area contributed by atoms with E-state index in [1.807, 2.05) is 0 Å². The Hall–Kier alpha value is -10.8. The zero-order valence-corrected chi connectivity index (χ0v) is 51.2. The molecule has 0 fully saturated rings. The average molecular weight is 1170 g/mol. The van der Waals surface area contributed by atoms with Crippen LogP contribution in [0.3, 0.4) is 0 Å². The number of nitrogens with zero attached hydrogens (tertiary/aromatic N) is 2. The number of para-hydroxylation sites is 1.